The van der Waals surface area contributed by atoms with Gasteiger partial charge in [0.25, 0.3) is 0 Å². The minimum atomic E-state index is -4.68. The van der Waals surface area contributed by atoms with Gasteiger partial charge in [0.2, 0.25) is 0 Å². The summed E-state index contributed by atoms with van der Waals surface area (Å²) in [5, 5.41) is 3.45. The molecule has 142 valence electrons. The summed E-state index contributed by atoms with van der Waals surface area (Å²) in [4.78, 5) is 5.71. The van der Waals surface area contributed by atoms with Crippen LogP contribution in [0.4, 0.5) is 27.6 Å². The summed E-state index contributed by atoms with van der Waals surface area (Å²) in [6.07, 6.45) is -0.0141. The Morgan fingerprint density at radius 2 is 1.74 bits per heavy atom. The second kappa shape index (κ2) is 6.17. The number of aliphatic imine (C=N–C) groups is 1. The van der Waals surface area contributed by atoms with Gasteiger partial charge in [0, 0.05) is 41.3 Å². The molecule has 1 aliphatic heterocycles. The van der Waals surface area contributed by atoms with Crippen molar-refractivity contribution in [3.63, 3.8) is 0 Å². The second-order valence-electron chi connectivity index (χ2n) is 6.62. The molecule has 0 bridgehead atoms. The molecule has 0 N–H and O–H groups in total. The Kier molecular flexibility index (Phi) is 4.05. The highest BCUT2D eigenvalue weighted by molar-refractivity contribution is 5.94. The molecular formula is C18H15F5N4. The van der Waals surface area contributed by atoms with E-state index in [2.05, 4.69) is 10.1 Å². The molecule has 2 heterocycles. The third-order valence-electron chi connectivity index (χ3n) is 4.54. The van der Waals surface area contributed by atoms with Gasteiger partial charge < -0.3 is 4.90 Å². The van der Waals surface area contributed by atoms with E-state index in [1.165, 1.54) is 4.90 Å². The summed E-state index contributed by atoms with van der Waals surface area (Å²) >= 11 is 0. The van der Waals surface area contributed by atoms with Crippen molar-refractivity contribution in [3.8, 4) is 5.69 Å². The monoisotopic (exact) mass is 382 g/mol. The van der Waals surface area contributed by atoms with Crippen LogP contribution in [0.3, 0.4) is 0 Å². The van der Waals surface area contributed by atoms with Crippen LogP contribution in [0.5, 0.6) is 0 Å². The van der Waals surface area contributed by atoms with E-state index in [1.54, 1.807) is 19.2 Å². The van der Waals surface area contributed by atoms with Crippen LogP contribution in [0.2, 0.25) is 0 Å². The predicted molar refractivity (Wildman–Crippen MR) is 90.1 cm³/mol. The van der Waals surface area contributed by atoms with Crippen molar-refractivity contribution >= 4 is 11.4 Å². The lowest BCUT2D eigenvalue weighted by atomic mass is 10.2. The molecule has 1 fully saturated rings. The van der Waals surface area contributed by atoms with Crippen molar-refractivity contribution in [2.24, 2.45) is 4.99 Å². The van der Waals surface area contributed by atoms with Crippen LogP contribution in [-0.2, 0) is 6.18 Å². The highest BCUT2D eigenvalue weighted by Crippen LogP contribution is 2.43. The van der Waals surface area contributed by atoms with Crippen molar-refractivity contribution < 1.29 is 22.0 Å². The molecule has 4 rings (SSSR count). The first-order chi connectivity index (χ1) is 12.7. The van der Waals surface area contributed by atoms with E-state index < -0.39 is 29.2 Å². The maximum Gasteiger partial charge on any atom is 0.435 e. The van der Waals surface area contributed by atoms with Crippen LogP contribution in [0.25, 0.3) is 5.69 Å². The van der Waals surface area contributed by atoms with Gasteiger partial charge >= 0.3 is 6.18 Å². The number of aromatic nitrogens is 2. The molecule has 0 saturated heterocycles. The lowest BCUT2D eigenvalue weighted by Crippen LogP contribution is -2.21. The van der Waals surface area contributed by atoms with Gasteiger partial charge in [-0.1, -0.05) is 0 Å². The Hall–Kier alpha value is -2.71. The third-order valence-corrected chi connectivity index (χ3v) is 4.54. The summed E-state index contributed by atoms with van der Waals surface area (Å²) in [7, 11) is 0. The molecule has 0 atom stereocenters. The number of halogens is 5. The van der Waals surface area contributed by atoms with Crippen LogP contribution < -0.4 is 4.90 Å². The molecule has 0 unspecified atom stereocenters. The van der Waals surface area contributed by atoms with E-state index in [4.69, 9.17) is 0 Å². The quantitative estimate of drug-likeness (QED) is 0.715. The minimum Gasteiger partial charge on any atom is -0.328 e. The lowest BCUT2D eigenvalue weighted by Gasteiger charge is -2.22. The molecule has 0 radical (unpaired) electrons. The van der Waals surface area contributed by atoms with Gasteiger partial charge in [-0.25, -0.2) is 13.5 Å². The number of rotatable bonds is 3. The average molecular weight is 382 g/mol. The first-order valence-corrected chi connectivity index (χ1v) is 8.36. The number of hydrogen-bond acceptors (Lipinski definition) is 3. The number of anilines is 1. The van der Waals surface area contributed by atoms with Gasteiger partial charge in [-0.2, -0.15) is 18.3 Å². The fourth-order valence-corrected chi connectivity index (χ4v) is 2.96. The Balaban J connectivity index is 1.77. The van der Waals surface area contributed by atoms with Crippen molar-refractivity contribution in [1.82, 2.24) is 9.78 Å². The lowest BCUT2D eigenvalue weighted by molar-refractivity contribution is -0.141. The SMILES string of the molecule is CC1=NCN(c2cc(F)c(-n3nc(C(F)(F)F)cc3C3CC3)c(F)c2)C=C1. The van der Waals surface area contributed by atoms with Crippen LogP contribution in [-0.4, -0.2) is 22.2 Å². The smallest absolute Gasteiger partial charge is 0.328 e. The first kappa shape index (κ1) is 17.7. The average Bonchev–Trinajstić information content (AvgIpc) is 3.33. The van der Waals surface area contributed by atoms with Crippen LogP contribution in [0.15, 0.2) is 35.5 Å². The molecule has 1 aromatic carbocycles. The van der Waals surface area contributed by atoms with E-state index in [0.717, 1.165) is 28.6 Å². The van der Waals surface area contributed by atoms with Gasteiger partial charge in [0.1, 0.15) is 12.4 Å². The van der Waals surface area contributed by atoms with Gasteiger partial charge in [-0.3, -0.25) is 4.99 Å². The molecule has 9 heteroatoms. The van der Waals surface area contributed by atoms with E-state index in [1.807, 2.05) is 0 Å². The van der Waals surface area contributed by atoms with Crippen LogP contribution in [0, 0.1) is 11.6 Å². The maximum absolute atomic E-state index is 14.7. The zero-order valence-corrected chi connectivity index (χ0v) is 14.3. The zero-order valence-electron chi connectivity index (χ0n) is 14.3. The molecule has 0 amide bonds. The summed E-state index contributed by atoms with van der Waals surface area (Å²) < 4.78 is 69.3. The topological polar surface area (TPSA) is 33.4 Å². The van der Waals surface area contributed by atoms with Gasteiger partial charge in [-0.05, 0) is 31.9 Å². The normalized spacial score (nSPS) is 17.4. The molecular weight excluding hydrogens is 367 g/mol. The van der Waals surface area contributed by atoms with Gasteiger partial charge in [-0.15, -0.1) is 0 Å². The number of alkyl halides is 3. The fourth-order valence-electron chi connectivity index (χ4n) is 2.96. The molecule has 4 nitrogen and oxygen atoms in total. The molecule has 0 spiro atoms. The standard InChI is InChI=1S/C18H15F5N4/c1-10-4-5-26(9-24-10)12-6-13(19)17(14(20)7-12)27-15(11-2-3-11)8-16(25-27)18(21,22)23/h4-8,11H,2-3,9H2,1H3. The summed E-state index contributed by atoms with van der Waals surface area (Å²) in [5.41, 5.74) is -0.578. The van der Waals surface area contributed by atoms with Crippen molar-refractivity contribution in [3.05, 3.63) is 53.5 Å². The largest absolute Gasteiger partial charge is 0.435 e. The Bertz CT molecular complexity index is 930. The molecule has 27 heavy (non-hydrogen) atoms. The van der Waals surface area contributed by atoms with Gasteiger partial charge in [0.15, 0.2) is 17.3 Å². The number of hydrogen-bond donors (Lipinski definition) is 0. The highest BCUT2D eigenvalue weighted by Gasteiger charge is 2.39. The molecule has 2 aliphatic rings. The Labute approximate surface area is 151 Å². The van der Waals surface area contributed by atoms with Crippen molar-refractivity contribution in [2.75, 3.05) is 11.6 Å². The molecule has 1 saturated carbocycles. The van der Waals surface area contributed by atoms with E-state index in [9.17, 15) is 22.0 Å². The first-order valence-electron chi connectivity index (χ1n) is 8.36. The number of allylic oxidation sites excluding steroid dienone is 1. The fraction of sp³-hybridized carbons (Fsp3) is 0.333. The Morgan fingerprint density at radius 3 is 2.26 bits per heavy atom. The Morgan fingerprint density at radius 1 is 1.07 bits per heavy atom. The molecule has 1 aliphatic carbocycles. The second-order valence-corrected chi connectivity index (χ2v) is 6.62. The number of benzene rings is 1. The van der Waals surface area contributed by atoms with Crippen molar-refractivity contribution in [2.45, 2.75) is 31.9 Å². The van der Waals surface area contributed by atoms with Gasteiger partial charge in [0.05, 0.1) is 0 Å². The van der Waals surface area contributed by atoms with E-state index in [0.29, 0.717) is 12.8 Å². The number of nitrogens with zero attached hydrogens (tertiary/aromatic N) is 4. The molecule has 2 aromatic rings. The maximum atomic E-state index is 14.7. The van der Waals surface area contributed by atoms with E-state index in [-0.39, 0.29) is 24.0 Å². The highest BCUT2D eigenvalue weighted by atomic mass is 19.4. The molecule has 1 aromatic heterocycles. The third kappa shape index (κ3) is 3.33. The van der Waals surface area contributed by atoms with Crippen LogP contribution in [0.1, 0.15) is 37.1 Å². The predicted octanol–water partition coefficient (Wildman–Crippen LogP) is 4.80. The van der Waals surface area contributed by atoms with Crippen molar-refractivity contribution in [1.29, 1.82) is 0 Å². The zero-order chi connectivity index (χ0) is 19.3. The summed E-state index contributed by atoms with van der Waals surface area (Å²) in [6, 6.07) is 3.02. The summed E-state index contributed by atoms with van der Waals surface area (Å²) in [5.74, 6) is -2.14. The minimum absolute atomic E-state index is 0.172. The summed E-state index contributed by atoms with van der Waals surface area (Å²) in [6.45, 7) is 2.00. The van der Waals surface area contributed by atoms with E-state index >= 15 is 0 Å². The van der Waals surface area contributed by atoms with Crippen LogP contribution >= 0.6 is 0 Å².